The van der Waals surface area contributed by atoms with Crippen molar-refractivity contribution in [2.24, 2.45) is 0 Å². The number of anilines is 1. The number of thioether (sulfide) groups is 1. The number of nitrogens with zero attached hydrogens (tertiary/aromatic N) is 3. The van der Waals surface area contributed by atoms with Crippen LogP contribution in [0, 0.1) is 20.8 Å². The molecule has 1 aromatic heterocycles. The van der Waals surface area contributed by atoms with Crippen LogP contribution in [0.1, 0.15) is 33.6 Å². The molecule has 33 heavy (non-hydrogen) atoms. The smallest absolute Gasteiger partial charge is 0.234 e. The van der Waals surface area contributed by atoms with E-state index in [-0.39, 0.29) is 11.7 Å². The van der Waals surface area contributed by atoms with Gasteiger partial charge in [-0.25, -0.2) is 0 Å². The van der Waals surface area contributed by atoms with Crippen molar-refractivity contribution in [1.82, 2.24) is 14.8 Å². The fourth-order valence-electron chi connectivity index (χ4n) is 3.94. The van der Waals surface area contributed by atoms with Gasteiger partial charge in [-0.3, -0.25) is 4.79 Å². The van der Waals surface area contributed by atoms with Crippen molar-refractivity contribution >= 4 is 23.4 Å². The highest BCUT2D eigenvalue weighted by Gasteiger charge is 2.16. The van der Waals surface area contributed by atoms with Gasteiger partial charge in [0.1, 0.15) is 5.82 Å². The van der Waals surface area contributed by atoms with E-state index in [4.69, 9.17) is 0 Å². The van der Waals surface area contributed by atoms with Crippen LogP contribution in [0.4, 0.5) is 5.69 Å². The highest BCUT2D eigenvalue weighted by Crippen LogP contribution is 2.24. The average Bonchev–Trinajstić information content (AvgIpc) is 3.17. The molecule has 0 radical (unpaired) electrons. The molecular weight excluding hydrogens is 428 g/mol. The van der Waals surface area contributed by atoms with Gasteiger partial charge in [0.15, 0.2) is 5.16 Å². The highest BCUT2D eigenvalue weighted by molar-refractivity contribution is 7.99. The molecular formula is C27H28N4OS. The van der Waals surface area contributed by atoms with Gasteiger partial charge in [0.25, 0.3) is 0 Å². The normalized spacial score (nSPS) is 10.9. The van der Waals surface area contributed by atoms with Crippen LogP contribution in [-0.2, 0) is 17.8 Å². The summed E-state index contributed by atoms with van der Waals surface area (Å²) in [7, 11) is 0. The summed E-state index contributed by atoms with van der Waals surface area (Å²) in [5, 5.41) is 12.7. The first-order chi connectivity index (χ1) is 16.0. The lowest BCUT2D eigenvalue weighted by atomic mass is 10.1. The number of rotatable bonds is 8. The second-order valence-corrected chi connectivity index (χ2v) is 9.19. The Morgan fingerprint density at radius 2 is 1.48 bits per heavy atom. The Bertz CT molecular complexity index is 1210. The van der Waals surface area contributed by atoms with Gasteiger partial charge < -0.3 is 9.88 Å². The van der Waals surface area contributed by atoms with E-state index in [1.807, 2.05) is 50.2 Å². The fourth-order valence-corrected chi connectivity index (χ4v) is 4.70. The molecule has 6 heteroatoms. The molecule has 4 aromatic rings. The minimum Gasteiger partial charge on any atom is -0.325 e. The molecule has 3 aromatic carbocycles. The maximum atomic E-state index is 12.8. The van der Waals surface area contributed by atoms with Crippen LogP contribution in [0.3, 0.4) is 0 Å². The standard InChI is InChI=1S/C27H28N4OS/c1-19-14-20(2)26(21(3)15-19)28-25(32)18-33-27-30-29-24(16-22-10-6-4-7-11-22)31(27)17-23-12-8-5-9-13-23/h4-15H,16-18H2,1-3H3,(H,28,32). The lowest BCUT2D eigenvalue weighted by molar-refractivity contribution is -0.113. The zero-order valence-corrected chi connectivity index (χ0v) is 20.0. The van der Waals surface area contributed by atoms with Gasteiger partial charge in [0, 0.05) is 12.1 Å². The summed E-state index contributed by atoms with van der Waals surface area (Å²) in [5.41, 5.74) is 6.58. The zero-order valence-electron chi connectivity index (χ0n) is 19.2. The predicted molar refractivity (Wildman–Crippen MR) is 135 cm³/mol. The Kier molecular flexibility index (Phi) is 7.25. The first-order valence-electron chi connectivity index (χ1n) is 11.0. The maximum absolute atomic E-state index is 12.8. The van der Waals surface area contributed by atoms with E-state index >= 15 is 0 Å². The summed E-state index contributed by atoms with van der Waals surface area (Å²) in [6.07, 6.45) is 0.690. The predicted octanol–water partition coefficient (Wildman–Crippen LogP) is 5.57. The molecule has 0 spiro atoms. The van der Waals surface area contributed by atoms with E-state index in [1.165, 1.54) is 28.5 Å². The van der Waals surface area contributed by atoms with Gasteiger partial charge >= 0.3 is 0 Å². The number of aromatic nitrogens is 3. The molecule has 0 aliphatic carbocycles. The average molecular weight is 457 g/mol. The third-order valence-corrected chi connectivity index (χ3v) is 6.42. The number of amides is 1. The number of carbonyl (C=O) groups excluding carboxylic acids is 1. The summed E-state index contributed by atoms with van der Waals surface area (Å²) in [4.78, 5) is 12.8. The molecule has 1 N–H and O–H groups in total. The summed E-state index contributed by atoms with van der Waals surface area (Å²) in [6, 6.07) is 24.7. The highest BCUT2D eigenvalue weighted by atomic mass is 32.2. The van der Waals surface area contributed by atoms with E-state index in [1.54, 1.807) is 0 Å². The monoisotopic (exact) mass is 456 g/mol. The lowest BCUT2D eigenvalue weighted by Gasteiger charge is -2.13. The molecule has 0 bridgehead atoms. The van der Waals surface area contributed by atoms with Gasteiger partial charge in [-0.05, 0) is 43.0 Å². The quantitative estimate of drug-likeness (QED) is 0.352. The van der Waals surface area contributed by atoms with Gasteiger partial charge in [-0.2, -0.15) is 0 Å². The van der Waals surface area contributed by atoms with Crippen molar-refractivity contribution in [2.45, 2.75) is 38.9 Å². The van der Waals surface area contributed by atoms with Crippen molar-refractivity contribution in [2.75, 3.05) is 11.1 Å². The third kappa shape index (κ3) is 5.90. The first-order valence-corrected chi connectivity index (χ1v) is 12.0. The maximum Gasteiger partial charge on any atom is 0.234 e. The number of hydrogen-bond donors (Lipinski definition) is 1. The molecule has 0 saturated heterocycles. The molecule has 0 aliphatic heterocycles. The van der Waals surface area contributed by atoms with Gasteiger partial charge in [0.05, 0.1) is 12.3 Å². The van der Waals surface area contributed by atoms with Crippen molar-refractivity contribution in [1.29, 1.82) is 0 Å². The van der Waals surface area contributed by atoms with Crippen molar-refractivity contribution in [3.63, 3.8) is 0 Å². The topological polar surface area (TPSA) is 59.8 Å². The van der Waals surface area contributed by atoms with Crippen LogP contribution in [0.2, 0.25) is 0 Å². The number of hydrogen-bond acceptors (Lipinski definition) is 4. The largest absolute Gasteiger partial charge is 0.325 e. The van der Waals surface area contributed by atoms with Gasteiger partial charge in [-0.15, -0.1) is 10.2 Å². The molecule has 1 heterocycles. The van der Waals surface area contributed by atoms with Crippen LogP contribution in [-0.4, -0.2) is 26.4 Å². The van der Waals surface area contributed by atoms with Crippen LogP contribution >= 0.6 is 11.8 Å². The van der Waals surface area contributed by atoms with Crippen LogP contribution in [0.15, 0.2) is 78.0 Å². The Labute approximate surface area is 199 Å². The lowest BCUT2D eigenvalue weighted by Crippen LogP contribution is -2.16. The molecule has 4 rings (SSSR count). The molecule has 0 fully saturated rings. The Hall–Kier alpha value is -3.38. The first kappa shape index (κ1) is 22.8. The van der Waals surface area contributed by atoms with Crippen LogP contribution in [0.5, 0.6) is 0 Å². The van der Waals surface area contributed by atoms with E-state index in [2.05, 4.69) is 63.4 Å². The van der Waals surface area contributed by atoms with E-state index < -0.39 is 0 Å². The summed E-state index contributed by atoms with van der Waals surface area (Å²) >= 11 is 1.42. The number of nitrogens with one attached hydrogen (secondary N) is 1. The van der Waals surface area contributed by atoms with E-state index in [0.717, 1.165) is 27.8 Å². The van der Waals surface area contributed by atoms with Crippen molar-refractivity contribution in [3.8, 4) is 0 Å². The summed E-state index contributed by atoms with van der Waals surface area (Å²) < 4.78 is 2.11. The minimum absolute atomic E-state index is 0.0473. The molecule has 0 atom stereocenters. The molecule has 5 nitrogen and oxygen atoms in total. The van der Waals surface area contributed by atoms with Crippen molar-refractivity contribution in [3.05, 3.63) is 106 Å². The van der Waals surface area contributed by atoms with Crippen LogP contribution < -0.4 is 5.32 Å². The Morgan fingerprint density at radius 3 is 2.12 bits per heavy atom. The molecule has 1 amide bonds. The SMILES string of the molecule is Cc1cc(C)c(NC(=O)CSc2nnc(Cc3ccccc3)n2Cc2ccccc2)c(C)c1. The van der Waals surface area contributed by atoms with E-state index in [0.29, 0.717) is 13.0 Å². The Balaban J connectivity index is 1.51. The third-order valence-electron chi connectivity index (χ3n) is 5.46. The zero-order chi connectivity index (χ0) is 23.2. The van der Waals surface area contributed by atoms with Crippen molar-refractivity contribution < 1.29 is 4.79 Å². The minimum atomic E-state index is -0.0473. The second-order valence-electron chi connectivity index (χ2n) is 8.24. The second kappa shape index (κ2) is 10.5. The number of carbonyl (C=O) groups is 1. The Morgan fingerprint density at radius 1 is 0.879 bits per heavy atom. The number of benzene rings is 3. The van der Waals surface area contributed by atoms with Gasteiger partial charge in [-0.1, -0.05) is 90.1 Å². The van der Waals surface area contributed by atoms with Crippen LogP contribution in [0.25, 0.3) is 0 Å². The molecule has 0 saturated carbocycles. The molecule has 0 aliphatic rings. The van der Waals surface area contributed by atoms with E-state index in [9.17, 15) is 4.79 Å². The summed E-state index contributed by atoms with van der Waals surface area (Å²) in [6.45, 7) is 6.77. The van der Waals surface area contributed by atoms with Gasteiger partial charge in [0.2, 0.25) is 5.91 Å². The fraction of sp³-hybridized carbons (Fsp3) is 0.222. The number of aryl methyl sites for hydroxylation is 3. The molecule has 168 valence electrons. The summed E-state index contributed by atoms with van der Waals surface area (Å²) in [5.74, 6) is 1.11. The molecule has 0 unspecified atom stereocenters.